The molecule has 8 aromatic rings. The number of hydrogen-bond acceptors (Lipinski definition) is 3. The zero-order chi connectivity index (χ0) is 32.6. The van der Waals surface area contributed by atoms with E-state index >= 15 is 0 Å². The Kier molecular flexibility index (Phi) is 7.14. The monoisotopic (exact) mass is 628 g/mol. The van der Waals surface area contributed by atoms with Gasteiger partial charge >= 0.3 is 0 Å². The van der Waals surface area contributed by atoms with Gasteiger partial charge in [-0.15, -0.1) is 0 Å². The zero-order valence-electron chi connectivity index (χ0n) is 26.8. The van der Waals surface area contributed by atoms with Crippen LogP contribution in [0, 0.1) is 0 Å². The molecule has 0 bridgehead atoms. The zero-order valence-corrected chi connectivity index (χ0v) is 26.8. The van der Waals surface area contributed by atoms with Gasteiger partial charge < -0.3 is 14.5 Å². The Labute approximate surface area is 286 Å². The Bertz CT molecular complexity index is 2400. The van der Waals surface area contributed by atoms with Crippen molar-refractivity contribution in [3.8, 4) is 33.8 Å². The summed E-state index contributed by atoms with van der Waals surface area (Å²) in [6, 6.07) is 68.5. The summed E-state index contributed by atoms with van der Waals surface area (Å²) in [4.78, 5) is 4.62. The lowest BCUT2D eigenvalue weighted by Crippen LogP contribution is -2.15. The minimum Gasteiger partial charge on any atom is -0.453 e. The fraction of sp³-hybridized carbons (Fsp3) is 0. The van der Waals surface area contributed by atoms with Crippen molar-refractivity contribution in [1.82, 2.24) is 0 Å². The molecule has 0 atom stereocenters. The van der Waals surface area contributed by atoms with Crippen LogP contribution in [0.1, 0.15) is 0 Å². The number of fused-ring (bicyclic) bond motifs is 3. The van der Waals surface area contributed by atoms with E-state index < -0.39 is 0 Å². The van der Waals surface area contributed by atoms with Gasteiger partial charge in [0.1, 0.15) is 0 Å². The molecule has 3 nitrogen and oxygen atoms in total. The lowest BCUT2D eigenvalue weighted by Gasteiger charge is -2.33. The van der Waals surface area contributed by atoms with Crippen molar-refractivity contribution >= 4 is 44.9 Å². The first kappa shape index (κ1) is 28.6. The van der Waals surface area contributed by atoms with E-state index in [9.17, 15) is 0 Å². The van der Waals surface area contributed by atoms with Crippen LogP contribution >= 0.6 is 0 Å². The van der Waals surface area contributed by atoms with Crippen molar-refractivity contribution in [2.45, 2.75) is 0 Å². The van der Waals surface area contributed by atoms with Crippen LogP contribution < -0.4 is 14.5 Å². The van der Waals surface area contributed by atoms with E-state index in [4.69, 9.17) is 4.74 Å². The van der Waals surface area contributed by atoms with Gasteiger partial charge in [-0.25, -0.2) is 0 Å². The average Bonchev–Trinajstić information content (AvgIpc) is 3.18. The van der Waals surface area contributed by atoms with Crippen molar-refractivity contribution in [2.24, 2.45) is 0 Å². The van der Waals surface area contributed by atoms with Crippen LogP contribution in [-0.2, 0) is 0 Å². The van der Waals surface area contributed by atoms with Gasteiger partial charge in [0.2, 0.25) is 0 Å². The second-order valence-corrected chi connectivity index (χ2v) is 12.2. The summed E-state index contributed by atoms with van der Waals surface area (Å²) in [6.07, 6.45) is 0. The molecule has 0 saturated heterocycles. The quantitative estimate of drug-likeness (QED) is 0.182. The summed E-state index contributed by atoms with van der Waals surface area (Å²) >= 11 is 0. The topological polar surface area (TPSA) is 15.7 Å². The SMILES string of the molecule is c1ccc(-c2ccc(N(c3ccc(-c4ccc5c(c4)Oc4ccccc4N5c4ccccc4)cc3)c3cccc4ccccc34)cc2)cc1. The molecule has 232 valence electrons. The molecule has 49 heavy (non-hydrogen) atoms. The highest BCUT2D eigenvalue weighted by atomic mass is 16.5. The lowest BCUT2D eigenvalue weighted by molar-refractivity contribution is 0.477. The molecule has 0 radical (unpaired) electrons. The highest BCUT2D eigenvalue weighted by Gasteiger charge is 2.26. The normalized spacial score (nSPS) is 11.8. The number of rotatable bonds is 6. The summed E-state index contributed by atoms with van der Waals surface area (Å²) in [7, 11) is 0. The molecule has 0 saturated carbocycles. The van der Waals surface area contributed by atoms with Gasteiger partial charge in [0.15, 0.2) is 11.5 Å². The molecule has 0 fully saturated rings. The molecule has 9 rings (SSSR count). The van der Waals surface area contributed by atoms with Gasteiger partial charge in [0, 0.05) is 22.4 Å². The van der Waals surface area contributed by atoms with Crippen LogP contribution in [0.4, 0.5) is 34.1 Å². The predicted molar refractivity (Wildman–Crippen MR) is 204 cm³/mol. The molecule has 1 heterocycles. The minimum absolute atomic E-state index is 0.833. The summed E-state index contributed by atoms with van der Waals surface area (Å²) in [5.41, 5.74) is 11.1. The van der Waals surface area contributed by atoms with Crippen LogP contribution in [0.3, 0.4) is 0 Å². The third-order valence-corrected chi connectivity index (χ3v) is 9.24. The van der Waals surface area contributed by atoms with E-state index in [2.05, 4.69) is 186 Å². The van der Waals surface area contributed by atoms with Crippen LogP contribution in [0.25, 0.3) is 33.0 Å². The molecule has 0 aliphatic carbocycles. The molecule has 0 N–H and O–H groups in total. The maximum absolute atomic E-state index is 6.50. The molecule has 1 aliphatic rings. The van der Waals surface area contributed by atoms with Crippen molar-refractivity contribution in [2.75, 3.05) is 9.80 Å². The van der Waals surface area contributed by atoms with E-state index in [0.717, 1.165) is 56.8 Å². The first-order chi connectivity index (χ1) is 24.3. The molecular formula is C46H32N2O. The number of hydrogen-bond donors (Lipinski definition) is 0. The molecule has 3 heteroatoms. The number of ether oxygens (including phenoxy) is 1. The van der Waals surface area contributed by atoms with E-state index in [1.54, 1.807) is 0 Å². The second kappa shape index (κ2) is 12.2. The largest absolute Gasteiger partial charge is 0.453 e. The van der Waals surface area contributed by atoms with Gasteiger partial charge in [0.25, 0.3) is 0 Å². The molecule has 0 unspecified atom stereocenters. The highest BCUT2D eigenvalue weighted by Crippen LogP contribution is 2.51. The first-order valence-electron chi connectivity index (χ1n) is 16.6. The number of benzene rings is 8. The maximum atomic E-state index is 6.50. The fourth-order valence-corrected chi connectivity index (χ4v) is 6.86. The fourth-order valence-electron chi connectivity index (χ4n) is 6.86. The number of nitrogens with zero attached hydrogens (tertiary/aromatic N) is 2. The second-order valence-electron chi connectivity index (χ2n) is 12.2. The Balaban J connectivity index is 1.10. The van der Waals surface area contributed by atoms with Crippen LogP contribution in [0.15, 0.2) is 194 Å². The van der Waals surface area contributed by atoms with Gasteiger partial charge in [0.05, 0.1) is 17.1 Å². The Hall–Kier alpha value is -6.58. The van der Waals surface area contributed by atoms with Gasteiger partial charge in [-0.1, -0.05) is 127 Å². The van der Waals surface area contributed by atoms with E-state index in [1.807, 2.05) is 18.2 Å². The highest BCUT2D eigenvalue weighted by molar-refractivity contribution is 5.99. The summed E-state index contributed by atoms with van der Waals surface area (Å²) < 4.78 is 6.50. The van der Waals surface area contributed by atoms with Crippen molar-refractivity contribution in [3.63, 3.8) is 0 Å². The Morgan fingerprint density at radius 1 is 0.388 bits per heavy atom. The molecule has 8 aromatic carbocycles. The first-order valence-corrected chi connectivity index (χ1v) is 16.6. The maximum Gasteiger partial charge on any atom is 0.152 e. The summed E-state index contributed by atoms with van der Waals surface area (Å²) in [5, 5.41) is 2.42. The van der Waals surface area contributed by atoms with Crippen LogP contribution in [0.2, 0.25) is 0 Å². The van der Waals surface area contributed by atoms with Crippen molar-refractivity contribution < 1.29 is 4.74 Å². The molecule has 1 aliphatic heterocycles. The third kappa shape index (κ3) is 5.28. The van der Waals surface area contributed by atoms with Gasteiger partial charge in [-0.2, -0.15) is 0 Å². The van der Waals surface area contributed by atoms with Crippen LogP contribution in [-0.4, -0.2) is 0 Å². The van der Waals surface area contributed by atoms with E-state index in [-0.39, 0.29) is 0 Å². The van der Waals surface area contributed by atoms with Gasteiger partial charge in [-0.05, 0) is 94.4 Å². The molecule has 0 amide bonds. The third-order valence-electron chi connectivity index (χ3n) is 9.24. The molecule has 0 spiro atoms. The average molecular weight is 629 g/mol. The molecular weight excluding hydrogens is 597 g/mol. The standard InChI is InChI=1S/C46H32N2O/c1-3-12-33(13-4-1)34-22-27-39(28-23-34)47(42-20-11-15-36-14-7-8-18-41(36)42)40-29-24-35(25-30-40)37-26-31-44-46(32-37)49-45-21-10-9-19-43(45)48(44)38-16-5-2-6-17-38/h1-32H. The minimum atomic E-state index is 0.833. The number of anilines is 6. The smallest absolute Gasteiger partial charge is 0.152 e. The Morgan fingerprint density at radius 3 is 1.69 bits per heavy atom. The van der Waals surface area contributed by atoms with Crippen LogP contribution in [0.5, 0.6) is 11.5 Å². The lowest BCUT2D eigenvalue weighted by atomic mass is 10.0. The van der Waals surface area contributed by atoms with Crippen molar-refractivity contribution in [3.05, 3.63) is 194 Å². The predicted octanol–water partition coefficient (Wildman–Crippen LogP) is 13.2. The Morgan fingerprint density at radius 2 is 0.939 bits per heavy atom. The van der Waals surface area contributed by atoms with E-state index in [0.29, 0.717) is 0 Å². The number of para-hydroxylation sites is 3. The van der Waals surface area contributed by atoms with Crippen molar-refractivity contribution in [1.29, 1.82) is 0 Å². The van der Waals surface area contributed by atoms with E-state index in [1.165, 1.54) is 21.9 Å². The summed E-state index contributed by atoms with van der Waals surface area (Å²) in [6.45, 7) is 0. The molecule has 0 aromatic heterocycles. The summed E-state index contributed by atoms with van der Waals surface area (Å²) in [5.74, 6) is 1.68. The van der Waals surface area contributed by atoms with Gasteiger partial charge in [-0.3, -0.25) is 0 Å².